The van der Waals surface area contributed by atoms with Gasteiger partial charge in [-0.05, 0) is 39.3 Å². The van der Waals surface area contributed by atoms with Crippen molar-refractivity contribution in [3.05, 3.63) is 50.2 Å². The van der Waals surface area contributed by atoms with Crippen LogP contribution in [-0.2, 0) is 22.6 Å². The van der Waals surface area contributed by atoms with Crippen LogP contribution in [0.4, 0.5) is 0 Å². The minimum Gasteiger partial charge on any atom is -0.469 e. The molecule has 0 N–H and O–H groups in total. The minimum atomic E-state index is -0.576. The number of nitriles is 1. The first-order valence-electron chi connectivity index (χ1n) is 8.46. The van der Waals surface area contributed by atoms with E-state index in [1.165, 1.54) is 7.11 Å². The van der Waals surface area contributed by atoms with Gasteiger partial charge >= 0.3 is 5.97 Å². The van der Waals surface area contributed by atoms with Crippen molar-refractivity contribution >= 4 is 11.8 Å². The van der Waals surface area contributed by atoms with E-state index in [0.29, 0.717) is 29.1 Å². The van der Waals surface area contributed by atoms with Gasteiger partial charge in [-0.15, -0.1) is 0 Å². The van der Waals surface area contributed by atoms with Gasteiger partial charge in [0.2, 0.25) is 0 Å². The number of nitrogens with zero attached hydrogens (tertiary/aromatic N) is 4. The van der Waals surface area contributed by atoms with Gasteiger partial charge in [0.15, 0.2) is 5.78 Å². The molecule has 2 aromatic rings. The Morgan fingerprint density at radius 3 is 2.52 bits per heavy atom. The Balaban J connectivity index is 2.33. The molecule has 0 aliphatic heterocycles. The van der Waals surface area contributed by atoms with Crippen molar-refractivity contribution in [3.8, 4) is 6.07 Å². The largest absolute Gasteiger partial charge is 0.469 e. The Morgan fingerprint density at radius 2 is 1.93 bits per heavy atom. The quantitative estimate of drug-likeness (QED) is 0.565. The smallest absolute Gasteiger partial charge is 0.307 e. The third-order valence-electron chi connectivity index (χ3n) is 4.68. The summed E-state index contributed by atoms with van der Waals surface area (Å²) in [6.07, 6.45) is 0.199. The van der Waals surface area contributed by atoms with Crippen LogP contribution in [0.15, 0.2) is 10.9 Å². The van der Waals surface area contributed by atoms with E-state index >= 15 is 0 Å². The normalized spacial score (nSPS) is 10.5. The standard InChI is InChI=1S/C19H22N4O4/c1-11-8-15(14(4)22(11)7-6-18(25)27-5)17(24)10-23-19(26)16(9-20)12(2)13(3)21-23/h8H,6-7,10H2,1-5H3. The van der Waals surface area contributed by atoms with Crippen LogP contribution in [0.1, 0.15) is 45.0 Å². The second-order valence-electron chi connectivity index (χ2n) is 6.35. The maximum Gasteiger partial charge on any atom is 0.307 e. The maximum absolute atomic E-state index is 12.8. The topological polar surface area (TPSA) is 107 Å². The van der Waals surface area contributed by atoms with Crippen LogP contribution in [0, 0.1) is 39.0 Å². The first-order valence-corrected chi connectivity index (χ1v) is 8.46. The highest BCUT2D eigenvalue weighted by atomic mass is 16.5. The summed E-state index contributed by atoms with van der Waals surface area (Å²) in [6, 6.07) is 3.61. The number of hydrogen-bond acceptors (Lipinski definition) is 6. The predicted molar refractivity (Wildman–Crippen MR) is 97.6 cm³/mol. The van der Waals surface area contributed by atoms with Crippen LogP contribution < -0.4 is 5.56 Å². The van der Waals surface area contributed by atoms with Crippen LogP contribution >= 0.6 is 0 Å². The number of methoxy groups -OCH3 is 1. The van der Waals surface area contributed by atoms with E-state index in [4.69, 9.17) is 0 Å². The molecule has 0 fully saturated rings. The zero-order valence-electron chi connectivity index (χ0n) is 16.1. The van der Waals surface area contributed by atoms with Crippen LogP contribution in [-0.4, -0.2) is 33.2 Å². The van der Waals surface area contributed by atoms with Crippen molar-refractivity contribution in [1.82, 2.24) is 14.3 Å². The predicted octanol–water partition coefficient (Wildman–Crippen LogP) is 1.60. The molecule has 0 radical (unpaired) electrons. The van der Waals surface area contributed by atoms with Gasteiger partial charge in [0.25, 0.3) is 5.56 Å². The molecular weight excluding hydrogens is 348 g/mol. The highest BCUT2D eigenvalue weighted by Crippen LogP contribution is 2.17. The molecule has 2 heterocycles. The molecule has 27 heavy (non-hydrogen) atoms. The molecule has 0 amide bonds. The fourth-order valence-electron chi connectivity index (χ4n) is 2.96. The van der Waals surface area contributed by atoms with Gasteiger partial charge in [0.05, 0.1) is 19.2 Å². The lowest BCUT2D eigenvalue weighted by molar-refractivity contribution is -0.140. The van der Waals surface area contributed by atoms with Crippen molar-refractivity contribution in [3.63, 3.8) is 0 Å². The summed E-state index contributed by atoms with van der Waals surface area (Å²) < 4.78 is 7.54. The first kappa shape index (κ1) is 20.1. The molecule has 0 unspecified atom stereocenters. The van der Waals surface area contributed by atoms with Crippen LogP contribution in [0.25, 0.3) is 0 Å². The Labute approximate surface area is 157 Å². The lowest BCUT2D eigenvalue weighted by atomic mass is 10.1. The number of Topliss-reactive ketones (excluding diaryl/α,β-unsaturated/α-hetero) is 1. The number of ketones is 1. The molecule has 0 spiro atoms. The number of rotatable bonds is 6. The van der Waals surface area contributed by atoms with E-state index < -0.39 is 5.56 Å². The minimum absolute atomic E-state index is 0.00106. The molecule has 0 saturated heterocycles. The fraction of sp³-hybridized carbons (Fsp3) is 0.421. The third kappa shape index (κ3) is 3.97. The fourth-order valence-corrected chi connectivity index (χ4v) is 2.96. The van der Waals surface area contributed by atoms with Gasteiger partial charge in [0, 0.05) is 23.5 Å². The van der Waals surface area contributed by atoms with Gasteiger partial charge in [-0.2, -0.15) is 10.4 Å². The van der Waals surface area contributed by atoms with Crippen molar-refractivity contribution in [1.29, 1.82) is 5.26 Å². The van der Waals surface area contributed by atoms with Gasteiger partial charge in [-0.3, -0.25) is 14.4 Å². The second kappa shape index (κ2) is 7.99. The van der Waals surface area contributed by atoms with E-state index in [-0.39, 0.29) is 30.3 Å². The zero-order valence-corrected chi connectivity index (χ0v) is 16.1. The maximum atomic E-state index is 12.8. The summed E-state index contributed by atoms with van der Waals surface area (Å²) in [4.78, 5) is 36.5. The lowest BCUT2D eigenvalue weighted by Gasteiger charge is -2.10. The average Bonchev–Trinajstić information content (AvgIpc) is 2.92. The molecular formula is C19H22N4O4. The lowest BCUT2D eigenvalue weighted by Crippen LogP contribution is -2.30. The molecule has 2 aromatic heterocycles. The summed E-state index contributed by atoms with van der Waals surface area (Å²) in [6.45, 7) is 7.12. The summed E-state index contributed by atoms with van der Waals surface area (Å²) in [5.41, 5.74) is 2.47. The molecule has 142 valence electrons. The number of aryl methyl sites for hydroxylation is 2. The summed E-state index contributed by atoms with van der Waals surface area (Å²) in [5, 5.41) is 13.3. The van der Waals surface area contributed by atoms with E-state index in [0.717, 1.165) is 10.4 Å². The van der Waals surface area contributed by atoms with Crippen LogP contribution in [0.3, 0.4) is 0 Å². The Hall–Kier alpha value is -3.21. The molecule has 8 heteroatoms. The third-order valence-corrected chi connectivity index (χ3v) is 4.68. The molecule has 0 bridgehead atoms. The van der Waals surface area contributed by atoms with Gasteiger partial charge in [-0.25, -0.2) is 4.68 Å². The first-order chi connectivity index (χ1) is 12.7. The SMILES string of the molecule is COC(=O)CCn1c(C)cc(C(=O)Cn2nc(C)c(C)c(C#N)c2=O)c1C. The number of aromatic nitrogens is 3. The summed E-state index contributed by atoms with van der Waals surface area (Å²) in [7, 11) is 1.33. The highest BCUT2D eigenvalue weighted by Gasteiger charge is 2.19. The van der Waals surface area contributed by atoms with Crippen molar-refractivity contribution < 1.29 is 14.3 Å². The number of esters is 1. The molecule has 8 nitrogen and oxygen atoms in total. The van der Waals surface area contributed by atoms with E-state index in [1.54, 1.807) is 26.8 Å². The Bertz CT molecular complexity index is 1010. The van der Waals surface area contributed by atoms with E-state index in [1.807, 2.05) is 17.6 Å². The van der Waals surface area contributed by atoms with Crippen LogP contribution in [0.5, 0.6) is 0 Å². The van der Waals surface area contributed by atoms with Crippen molar-refractivity contribution in [2.75, 3.05) is 7.11 Å². The number of hydrogen-bond donors (Lipinski definition) is 0. The summed E-state index contributed by atoms with van der Waals surface area (Å²) in [5.74, 6) is -0.612. The molecule has 0 aromatic carbocycles. The molecule has 0 aliphatic carbocycles. The number of carbonyl (C=O) groups is 2. The molecule has 0 atom stereocenters. The van der Waals surface area contributed by atoms with Gasteiger partial charge < -0.3 is 9.30 Å². The Morgan fingerprint density at radius 1 is 1.26 bits per heavy atom. The van der Waals surface area contributed by atoms with Crippen molar-refractivity contribution in [2.45, 2.75) is 47.2 Å². The van der Waals surface area contributed by atoms with E-state index in [2.05, 4.69) is 9.84 Å². The van der Waals surface area contributed by atoms with Crippen molar-refractivity contribution in [2.24, 2.45) is 0 Å². The number of ether oxygens (including phenoxy) is 1. The second-order valence-corrected chi connectivity index (χ2v) is 6.35. The van der Waals surface area contributed by atoms with Gasteiger partial charge in [0.1, 0.15) is 18.2 Å². The molecule has 0 aliphatic rings. The molecule has 0 saturated carbocycles. The number of carbonyl (C=O) groups excluding carboxylic acids is 2. The summed E-state index contributed by atoms with van der Waals surface area (Å²) >= 11 is 0. The van der Waals surface area contributed by atoms with Gasteiger partial charge in [-0.1, -0.05) is 0 Å². The monoisotopic (exact) mass is 370 g/mol. The Kier molecular flexibility index (Phi) is 5.95. The molecule has 2 rings (SSSR count). The average molecular weight is 370 g/mol. The van der Waals surface area contributed by atoms with Crippen LogP contribution in [0.2, 0.25) is 0 Å². The van der Waals surface area contributed by atoms with E-state index in [9.17, 15) is 19.6 Å². The highest BCUT2D eigenvalue weighted by molar-refractivity contribution is 5.97. The zero-order chi connectivity index (χ0) is 20.3.